The summed E-state index contributed by atoms with van der Waals surface area (Å²) in [6, 6.07) is 15.5. The third-order valence-corrected chi connectivity index (χ3v) is 5.96. The van der Waals surface area contributed by atoms with Gasteiger partial charge >= 0.3 is 0 Å². The van der Waals surface area contributed by atoms with E-state index in [1.807, 2.05) is 41.8 Å². The van der Waals surface area contributed by atoms with Crippen molar-refractivity contribution in [3.05, 3.63) is 78.5 Å². The van der Waals surface area contributed by atoms with Crippen LogP contribution < -0.4 is 5.32 Å². The predicted molar refractivity (Wildman–Crippen MR) is 125 cm³/mol. The summed E-state index contributed by atoms with van der Waals surface area (Å²) in [4.78, 5) is 16.8. The summed E-state index contributed by atoms with van der Waals surface area (Å²) in [7, 11) is 0. The third kappa shape index (κ3) is 4.75. The van der Waals surface area contributed by atoms with Gasteiger partial charge in [-0.05, 0) is 48.7 Å². The Morgan fingerprint density at radius 1 is 1.09 bits per heavy atom. The number of rotatable bonds is 8. The van der Waals surface area contributed by atoms with E-state index in [0.29, 0.717) is 16.9 Å². The van der Waals surface area contributed by atoms with Gasteiger partial charge in [-0.3, -0.25) is 14.3 Å². The Morgan fingerprint density at radius 3 is 2.66 bits per heavy atom. The molecule has 3 aromatic heterocycles. The molecule has 0 fully saturated rings. The first-order valence-electron chi connectivity index (χ1n) is 10.4. The Morgan fingerprint density at radius 2 is 1.94 bits per heavy atom. The van der Waals surface area contributed by atoms with Gasteiger partial charge in [0.15, 0.2) is 11.0 Å². The van der Waals surface area contributed by atoms with Gasteiger partial charge in [-0.1, -0.05) is 43.8 Å². The molecule has 1 unspecified atom stereocenters. The number of para-hydroxylation sites is 1. The van der Waals surface area contributed by atoms with Crippen LogP contribution in [0.5, 0.6) is 0 Å². The van der Waals surface area contributed by atoms with E-state index in [0.717, 1.165) is 17.0 Å². The molecule has 3 heterocycles. The summed E-state index contributed by atoms with van der Waals surface area (Å²) in [5.74, 6) is 1.83. The molecule has 0 radical (unpaired) electrons. The standard InChI is InChI=1S/C24H25N5O2S/c1-16(2)19-9-4-5-10-20(19)29-23(18-8-6-12-25-14-18)27-28-24(29)32-15-22(30)26-17(3)21-11-7-13-31-21/h4-14,16-17H,15H2,1-3H3,(H,26,30). The first-order chi connectivity index (χ1) is 15.5. The Kier molecular flexibility index (Phi) is 6.70. The third-order valence-electron chi connectivity index (χ3n) is 5.03. The van der Waals surface area contributed by atoms with Crippen LogP contribution in [0, 0.1) is 0 Å². The number of benzene rings is 1. The quantitative estimate of drug-likeness (QED) is 0.382. The molecular formula is C24H25N5O2S. The van der Waals surface area contributed by atoms with Crippen molar-refractivity contribution in [2.45, 2.75) is 37.9 Å². The van der Waals surface area contributed by atoms with Gasteiger partial charge in [0.05, 0.1) is 23.7 Å². The molecule has 0 spiro atoms. The lowest BCUT2D eigenvalue weighted by Gasteiger charge is -2.17. The molecule has 1 aromatic carbocycles. The highest BCUT2D eigenvalue weighted by Crippen LogP contribution is 2.31. The van der Waals surface area contributed by atoms with Crippen LogP contribution in [-0.2, 0) is 4.79 Å². The smallest absolute Gasteiger partial charge is 0.231 e. The second-order valence-corrected chi connectivity index (χ2v) is 8.63. The first-order valence-corrected chi connectivity index (χ1v) is 11.4. The molecule has 0 saturated heterocycles. The molecule has 32 heavy (non-hydrogen) atoms. The maximum atomic E-state index is 12.6. The van der Waals surface area contributed by atoms with E-state index >= 15 is 0 Å². The number of pyridine rings is 1. The second kappa shape index (κ2) is 9.82. The Labute approximate surface area is 191 Å². The molecule has 1 atom stereocenters. The number of carbonyl (C=O) groups excluding carboxylic acids is 1. The van der Waals surface area contributed by atoms with Crippen molar-refractivity contribution in [1.82, 2.24) is 25.1 Å². The largest absolute Gasteiger partial charge is 0.467 e. The lowest BCUT2D eigenvalue weighted by molar-refractivity contribution is -0.119. The van der Waals surface area contributed by atoms with Gasteiger partial charge in [0.2, 0.25) is 5.91 Å². The number of thioether (sulfide) groups is 1. The molecule has 1 N–H and O–H groups in total. The molecule has 7 nitrogen and oxygen atoms in total. The second-order valence-electron chi connectivity index (χ2n) is 7.69. The highest BCUT2D eigenvalue weighted by Gasteiger charge is 2.21. The summed E-state index contributed by atoms with van der Waals surface area (Å²) in [6.45, 7) is 6.20. The van der Waals surface area contributed by atoms with Gasteiger partial charge in [0.25, 0.3) is 0 Å². The van der Waals surface area contributed by atoms with Crippen LogP contribution in [0.1, 0.15) is 44.1 Å². The van der Waals surface area contributed by atoms with Gasteiger partial charge in [-0.25, -0.2) is 0 Å². The summed E-state index contributed by atoms with van der Waals surface area (Å²) in [5.41, 5.74) is 3.04. The molecule has 0 aliphatic rings. The first kappa shape index (κ1) is 21.8. The number of nitrogens with one attached hydrogen (secondary N) is 1. The lowest BCUT2D eigenvalue weighted by atomic mass is 10.0. The number of nitrogens with zero attached hydrogens (tertiary/aromatic N) is 4. The average Bonchev–Trinajstić information content (AvgIpc) is 3.48. The van der Waals surface area contributed by atoms with Crippen molar-refractivity contribution in [2.75, 3.05) is 5.75 Å². The molecular weight excluding hydrogens is 422 g/mol. The molecule has 4 aromatic rings. The number of amides is 1. The number of carbonyl (C=O) groups is 1. The highest BCUT2D eigenvalue weighted by atomic mass is 32.2. The van der Waals surface area contributed by atoms with Gasteiger partial charge < -0.3 is 9.73 Å². The van der Waals surface area contributed by atoms with E-state index < -0.39 is 0 Å². The van der Waals surface area contributed by atoms with E-state index in [9.17, 15) is 4.79 Å². The van der Waals surface area contributed by atoms with Crippen molar-refractivity contribution < 1.29 is 9.21 Å². The molecule has 0 saturated carbocycles. The van der Waals surface area contributed by atoms with Crippen molar-refractivity contribution in [1.29, 1.82) is 0 Å². The van der Waals surface area contributed by atoms with Crippen LogP contribution in [-0.4, -0.2) is 31.4 Å². The molecule has 4 rings (SSSR count). The maximum absolute atomic E-state index is 12.6. The number of hydrogen-bond acceptors (Lipinski definition) is 6. The van der Waals surface area contributed by atoms with Crippen LogP contribution in [0.4, 0.5) is 0 Å². The summed E-state index contributed by atoms with van der Waals surface area (Å²) in [5, 5.41) is 12.5. The monoisotopic (exact) mass is 447 g/mol. The molecule has 0 bridgehead atoms. The molecule has 164 valence electrons. The lowest BCUT2D eigenvalue weighted by Crippen LogP contribution is -2.28. The molecule has 0 aliphatic carbocycles. The Hall–Kier alpha value is -3.39. The van der Waals surface area contributed by atoms with Crippen LogP contribution >= 0.6 is 11.8 Å². The van der Waals surface area contributed by atoms with E-state index in [-0.39, 0.29) is 17.7 Å². The van der Waals surface area contributed by atoms with E-state index in [2.05, 4.69) is 46.5 Å². The van der Waals surface area contributed by atoms with Crippen molar-refractivity contribution in [3.8, 4) is 17.1 Å². The minimum Gasteiger partial charge on any atom is -0.467 e. The fourth-order valence-electron chi connectivity index (χ4n) is 3.46. The van der Waals surface area contributed by atoms with Gasteiger partial charge in [-0.15, -0.1) is 10.2 Å². The van der Waals surface area contributed by atoms with Gasteiger partial charge in [0, 0.05) is 18.0 Å². The van der Waals surface area contributed by atoms with Crippen molar-refractivity contribution in [2.24, 2.45) is 0 Å². The number of furan rings is 1. The maximum Gasteiger partial charge on any atom is 0.231 e. The van der Waals surface area contributed by atoms with Crippen molar-refractivity contribution in [3.63, 3.8) is 0 Å². The molecule has 1 amide bonds. The summed E-state index contributed by atoms with van der Waals surface area (Å²) >= 11 is 1.35. The zero-order valence-electron chi connectivity index (χ0n) is 18.2. The minimum atomic E-state index is -0.205. The Balaban J connectivity index is 1.63. The van der Waals surface area contributed by atoms with Crippen LogP contribution in [0.25, 0.3) is 17.1 Å². The van der Waals surface area contributed by atoms with E-state index in [4.69, 9.17) is 4.42 Å². The topological polar surface area (TPSA) is 85.8 Å². The Bertz CT molecular complexity index is 1170. The number of aromatic nitrogens is 4. The predicted octanol–water partition coefficient (Wildman–Crippen LogP) is 5.02. The fraction of sp³-hybridized carbons (Fsp3) is 0.250. The highest BCUT2D eigenvalue weighted by molar-refractivity contribution is 7.99. The van der Waals surface area contributed by atoms with Crippen molar-refractivity contribution >= 4 is 17.7 Å². The van der Waals surface area contributed by atoms with Crippen LogP contribution in [0.2, 0.25) is 0 Å². The number of hydrogen-bond donors (Lipinski definition) is 1. The van der Waals surface area contributed by atoms with Crippen LogP contribution in [0.3, 0.4) is 0 Å². The van der Waals surface area contributed by atoms with E-state index in [1.54, 1.807) is 24.7 Å². The molecule has 8 heteroatoms. The van der Waals surface area contributed by atoms with Crippen LogP contribution in [0.15, 0.2) is 76.8 Å². The summed E-state index contributed by atoms with van der Waals surface area (Å²) < 4.78 is 7.38. The van der Waals surface area contributed by atoms with E-state index in [1.165, 1.54) is 17.3 Å². The zero-order valence-corrected chi connectivity index (χ0v) is 19.0. The average molecular weight is 448 g/mol. The molecule has 0 aliphatic heterocycles. The minimum absolute atomic E-state index is 0.103. The normalized spacial score (nSPS) is 12.1. The van der Waals surface area contributed by atoms with Gasteiger partial charge in [0.1, 0.15) is 5.76 Å². The fourth-order valence-corrected chi connectivity index (χ4v) is 4.22. The summed E-state index contributed by atoms with van der Waals surface area (Å²) in [6.07, 6.45) is 5.10. The zero-order chi connectivity index (χ0) is 22.5. The van der Waals surface area contributed by atoms with Gasteiger partial charge in [-0.2, -0.15) is 0 Å². The SMILES string of the molecule is CC(C)c1ccccc1-n1c(SCC(=O)NC(C)c2ccco2)nnc1-c1cccnc1.